The first-order valence-corrected chi connectivity index (χ1v) is 6.93. The van der Waals surface area contributed by atoms with Gasteiger partial charge in [-0.1, -0.05) is 0 Å². The van der Waals surface area contributed by atoms with Crippen LogP contribution in [0.25, 0.3) is 16.9 Å². The van der Waals surface area contributed by atoms with Crippen LogP contribution in [0.15, 0.2) is 24.4 Å². The summed E-state index contributed by atoms with van der Waals surface area (Å²) >= 11 is 0. The first-order valence-electron chi connectivity index (χ1n) is 6.93. The summed E-state index contributed by atoms with van der Waals surface area (Å²) in [5, 5.41) is 7.14. The minimum atomic E-state index is -0.183. The van der Waals surface area contributed by atoms with Gasteiger partial charge in [-0.3, -0.25) is 4.79 Å². The third-order valence-electron chi connectivity index (χ3n) is 3.33. The highest BCUT2D eigenvalue weighted by Gasteiger charge is 2.12. The summed E-state index contributed by atoms with van der Waals surface area (Å²) in [4.78, 5) is 19.7. The highest BCUT2D eigenvalue weighted by atomic mass is 16.5. The van der Waals surface area contributed by atoms with Gasteiger partial charge in [0.2, 0.25) is 5.91 Å². The zero-order chi connectivity index (χ0) is 16.6. The second kappa shape index (κ2) is 5.56. The van der Waals surface area contributed by atoms with Gasteiger partial charge in [-0.25, -0.2) is 14.5 Å². The Bertz CT molecular complexity index is 902. The van der Waals surface area contributed by atoms with Gasteiger partial charge in [0.05, 0.1) is 19.0 Å². The van der Waals surface area contributed by atoms with Crippen LogP contribution < -0.4 is 15.8 Å². The number of methoxy groups -OCH3 is 1. The van der Waals surface area contributed by atoms with E-state index in [-0.39, 0.29) is 5.91 Å². The van der Waals surface area contributed by atoms with Crippen LogP contribution >= 0.6 is 0 Å². The highest BCUT2D eigenvalue weighted by molar-refractivity contribution is 5.87. The maximum atomic E-state index is 11.1. The van der Waals surface area contributed by atoms with Crippen molar-refractivity contribution in [2.75, 3.05) is 18.2 Å². The number of nitrogens with zero attached hydrogens (tertiary/aromatic N) is 4. The number of anilines is 2. The van der Waals surface area contributed by atoms with Crippen molar-refractivity contribution in [2.45, 2.75) is 13.8 Å². The lowest BCUT2D eigenvalue weighted by Gasteiger charge is -2.09. The lowest BCUT2D eigenvalue weighted by atomic mass is 10.1. The van der Waals surface area contributed by atoms with Crippen LogP contribution in [-0.2, 0) is 4.79 Å². The fraction of sp³-hybridized carbons (Fsp3) is 0.200. The molecule has 0 saturated heterocycles. The first-order chi connectivity index (χ1) is 11.0. The van der Waals surface area contributed by atoms with E-state index >= 15 is 0 Å². The average Bonchev–Trinajstić information content (AvgIpc) is 2.87. The zero-order valence-corrected chi connectivity index (χ0v) is 13.0. The van der Waals surface area contributed by atoms with Crippen LogP contribution in [0.2, 0.25) is 0 Å². The Morgan fingerprint density at radius 1 is 1.35 bits per heavy atom. The number of fused-ring (bicyclic) bond motifs is 1. The molecule has 0 spiro atoms. The molecule has 8 nitrogen and oxygen atoms in total. The minimum Gasteiger partial charge on any atom is -0.493 e. The molecule has 0 fully saturated rings. The summed E-state index contributed by atoms with van der Waals surface area (Å²) < 4.78 is 6.82. The van der Waals surface area contributed by atoms with Gasteiger partial charge in [0.25, 0.3) is 0 Å². The van der Waals surface area contributed by atoms with Gasteiger partial charge in [0.1, 0.15) is 0 Å². The van der Waals surface area contributed by atoms with E-state index in [4.69, 9.17) is 10.5 Å². The van der Waals surface area contributed by atoms with Crippen LogP contribution in [-0.4, -0.2) is 32.6 Å². The fourth-order valence-corrected chi connectivity index (χ4v) is 2.29. The summed E-state index contributed by atoms with van der Waals surface area (Å²) in [6.07, 6.45) is 1.65. The summed E-state index contributed by atoms with van der Waals surface area (Å²) in [5.74, 6) is 1.10. The molecule has 0 saturated carbocycles. The Hall–Kier alpha value is -3.16. The van der Waals surface area contributed by atoms with Crippen molar-refractivity contribution in [3.8, 4) is 17.0 Å². The maximum Gasteiger partial charge on any atom is 0.222 e. The van der Waals surface area contributed by atoms with Gasteiger partial charge < -0.3 is 15.8 Å². The Morgan fingerprint density at radius 2 is 2.13 bits per heavy atom. The topological polar surface area (TPSA) is 107 Å². The molecule has 3 aromatic heterocycles. The van der Waals surface area contributed by atoms with Crippen molar-refractivity contribution in [1.82, 2.24) is 19.6 Å². The molecule has 3 rings (SSSR count). The molecule has 0 bridgehead atoms. The van der Waals surface area contributed by atoms with Crippen LogP contribution in [0.1, 0.15) is 12.6 Å². The number of carbonyl (C=O) groups excluding carboxylic acids is 1. The molecule has 0 aliphatic heterocycles. The van der Waals surface area contributed by atoms with Gasteiger partial charge in [-0.05, 0) is 25.1 Å². The molecule has 8 heteroatoms. The number of pyridine rings is 1. The minimum absolute atomic E-state index is 0.183. The normalized spacial score (nSPS) is 10.7. The molecule has 0 radical (unpaired) electrons. The predicted molar refractivity (Wildman–Crippen MR) is 86.2 cm³/mol. The van der Waals surface area contributed by atoms with E-state index < -0.39 is 0 Å². The number of aromatic nitrogens is 4. The van der Waals surface area contributed by atoms with Crippen LogP contribution in [0, 0.1) is 6.92 Å². The Balaban J connectivity index is 2.08. The SMILES string of the molecule is COc1cc(-c2ccc3nc(NC(C)=O)cn3n2)c(C)nc1N. The molecule has 0 aliphatic rings. The number of nitrogens with one attached hydrogen (secondary N) is 1. The molecule has 23 heavy (non-hydrogen) atoms. The first kappa shape index (κ1) is 14.8. The van der Waals surface area contributed by atoms with Crippen molar-refractivity contribution in [2.24, 2.45) is 0 Å². The summed E-state index contributed by atoms with van der Waals surface area (Å²) in [6, 6.07) is 5.45. The predicted octanol–water partition coefficient (Wildman–Crippen LogP) is 1.65. The number of nitrogens with two attached hydrogens (primary N) is 1. The van der Waals surface area contributed by atoms with Gasteiger partial charge in [-0.2, -0.15) is 5.10 Å². The van der Waals surface area contributed by atoms with Crippen molar-refractivity contribution in [3.63, 3.8) is 0 Å². The quantitative estimate of drug-likeness (QED) is 0.761. The number of imidazole rings is 1. The second-order valence-corrected chi connectivity index (χ2v) is 5.04. The lowest BCUT2D eigenvalue weighted by Crippen LogP contribution is -2.05. The Morgan fingerprint density at radius 3 is 2.83 bits per heavy atom. The molecule has 0 unspecified atom stereocenters. The highest BCUT2D eigenvalue weighted by Crippen LogP contribution is 2.28. The van der Waals surface area contributed by atoms with Gasteiger partial charge in [0, 0.05) is 18.2 Å². The molecule has 3 N–H and O–H groups in total. The number of rotatable bonds is 3. The molecule has 1 amide bonds. The van der Waals surface area contributed by atoms with Crippen LogP contribution in [0.3, 0.4) is 0 Å². The average molecular weight is 312 g/mol. The Labute approximate surface area is 132 Å². The second-order valence-electron chi connectivity index (χ2n) is 5.04. The largest absolute Gasteiger partial charge is 0.493 e. The van der Waals surface area contributed by atoms with E-state index in [1.54, 1.807) is 23.9 Å². The van der Waals surface area contributed by atoms with Gasteiger partial charge in [-0.15, -0.1) is 0 Å². The maximum absolute atomic E-state index is 11.1. The van der Waals surface area contributed by atoms with Crippen molar-refractivity contribution >= 4 is 23.2 Å². The number of nitrogen functional groups attached to an aromatic ring is 1. The van der Waals surface area contributed by atoms with Crippen LogP contribution in [0.4, 0.5) is 11.6 Å². The van der Waals surface area contributed by atoms with Gasteiger partial charge in [0.15, 0.2) is 23.0 Å². The third kappa shape index (κ3) is 2.78. The van der Waals surface area contributed by atoms with E-state index in [0.717, 1.165) is 11.3 Å². The summed E-state index contributed by atoms with van der Waals surface area (Å²) in [7, 11) is 1.54. The van der Waals surface area contributed by atoms with E-state index in [9.17, 15) is 4.79 Å². The van der Waals surface area contributed by atoms with Crippen LogP contribution in [0.5, 0.6) is 5.75 Å². The molecule has 118 valence electrons. The molecular formula is C15H16N6O2. The van der Waals surface area contributed by atoms with E-state index in [1.165, 1.54) is 6.92 Å². The van der Waals surface area contributed by atoms with Crippen molar-refractivity contribution in [1.29, 1.82) is 0 Å². The smallest absolute Gasteiger partial charge is 0.222 e. The molecule has 3 heterocycles. The fourth-order valence-electron chi connectivity index (χ4n) is 2.29. The molecule has 0 aliphatic carbocycles. The van der Waals surface area contributed by atoms with E-state index in [0.29, 0.717) is 28.7 Å². The van der Waals surface area contributed by atoms with Crippen molar-refractivity contribution in [3.05, 3.63) is 30.1 Å². The van der Waals surface area contributed by atoms with Crippen molar-refractivity contribution < 1.29 is 9.53 Å². The molecule has 0 aromatic carbocycles. The number of hydrogen-bond acceptors (Lipinski definition) is 6. The number of amides is 1. The number of hydrogen-bond donors (Lipinski definition) is 2. The number of aryl methyl sites for hydroxylation is 1. The standard InChI is InChI=1S/C15H16N6O2/c1-8-10(6-12(23-3)15(16)17-8)11-4-5-14-19-13(18-9(2)22)7-21(14)20-11/h4-7H,1-3H3,(H2,16,17)(H,18,22). The third-order valence-corrected chi connectivity index (χ3v) is 3.33. The number of carbonyl (C=O) groups is 1. The molecule has 3 aromatic rings. The summed E-state index contributed by atoms with van der Waals surface area (Å²) in [5.41, 5.74) is 8.70. The van der Waals surface area contributed by atoms with E-state index in [2.05, 4.69) is 20.4 Å². The monoisotopic (exact) mass is 312 g/mol. The van der Waals surface area contributed by atoms with E-state index in [1.807, 2.05) is 19.1 Å². The number of ether oxygens (including phenoxy) is 1. The van der Waals surface area contributed by atoms with Gasteiger partial charge >= 0.3 is 0 Å². The zero-order valence-electron chi connectivity index (χ0n) is 13.0. The Kier molecular flexibility index (Phi) is 3.57. The summed E-state index contributed by atoms with van der Waals surface area (Å²) in [6.45, 7) is 3.28. The lowest BCUT2D eigenvalue weighted by molar-refractivity contribution is -0.114. The molecular weight excluding hydrogens is 296 g/mol. The molecule has 0 atom stereocenters.